The topological polar surface area (TPSA) is 45.3 Å². The molecule has 5 nitrogen and oxygen atoms in total. The standard InChI is InChI=1S/C14H18N2O3/c1-18-12-4-2-11(3-5-12)8-15-6-7-16(14(15)17)9-13-10-19-13/h2-5,13H,6-10H2,1H3. The maximum Gasteiger partial charge on any atom is 0.320 e. The fraction of sp³-hybridized carbons (Fsp3) is 0.500. The number of amides is 2. The monoisotopic (exact) mass is 262 g/mol. The highest BCUT2D eigenvalue weighted by Gasteiger charge is 2.33. The highest BCUT2D eigenvalue weighted by atomic mass is 16.6. The maximum absolute atomic E-state index is 12.2. The molecule has 0 bridgehead atoms. The number of hydrogen-bond donors (Lipinski definition) is 0. The third-order valence-electron chi connectivity index (χ3n) is 3.54. The first-order valence-electron chi connectivity index (χ1n) is 6.54. The Hall–Kier alpha value is -1.75. The predicted molar refractivity (Wildman–Crippen MR) is 70.1 cm³/mol. The minimum Gasteiger partial charge on any atom is -0.497 e. The molecule has 2 saturated heterocycles. The van der Waals surface area contributed by atoms with E-state index >= 15 is 0 Å². The van der Waals surface area contributed by atoms with Gasteiger partial charge in [0.2, 0.25) is 0 Å². The van der Waals surface area contributed by atoms with Crippen molar-refractivity contribution in [2.75, 3.05) is 33.4 Å². The van der Waals surface area contributed by atoms with Crippen molar-refractivity contribution in [3.8, 4) is 5.75 Å². The van der Waals surface area contributed by atoms with Gasteiger partial charge in [-0.1, -0.05) is 12.1 Å². The summed E-state index contributed by atoms with van der Waals surface area (Å²) in [4.78, 5) is 15.9. The summed E-state index contributed by atoms with van der Waals surface area (Å²) in [6, 6.07) is 7.96. The maximum atomic E-state index is 12.2. The molecule has 1 unspecified atom stereocenters. The van der Waals surface area contributed by atoms with Gasteiger partial charge in [0.25, 0.3) is 0 Å². The van der Waals surface area contributed by atoms with Gasteiger partial charge < -0.3 is 19.3 Å². The van der Waals surface area contributed by atoms with Crippen molar-refractivity contribution < 1.29 is 14.3 Å². The number of methoxy groups -OCH3 is 1. The summed E-state index contributed by atoms with van der Waals surface area (Å²) in [6.45, 7) is 3.78. The summed E-state index contributed by atoms with van der Waals surface area (Å²) >= 11 is 0. The van der Waals surface area contributed by atoms with Crippen molar-refractivity contribution in [3.63, 3.8) is 0 Å². The molecular formula is C14H18N2O3. The Morgan fingerprint density at radius 1 is 1.26 bits per heavy atom. The van der Waals surface area contributed by atoms with Crippen LogP contribution in [0.5, 0.6) is 5.75 Å². The van der Waals surface area contributed by atoms with Gasteiger partial charge in [-0.2, -0.15) is 0 Å². The van der Waals surface area contributed by atoms with E-state index < -0.39 is 0 Å². The van der Waals surface area contributed by atoms with Gasteiger partial charge in [-0.25, -0.2) is 4.79 Å². The molecule has 2 heterocycles. The highest BCUT2D eigenvalue weighted by Crippen LogP contribution is 2.19. The van der Waals surface area contributed by atoms with Gasteiger partial charge in [0.15, 0.2) is 0 Å². The Labute approximate surface area is 112 Å². The number of epoxide rings is 1. The molecule has 5 heteroatoms. The minimum absolute atomic E-state index is 0.117. The zero-order valence-corrected chi connectivity index (χ0v) is 11.0. The van der Waals surface area contributed by atoms with E-state index in [0.717, 1.165) is 37.6 Å². The van der Waals surface area contributed by atoms with Crippen molar-refractivity contribution >= 4 is 6.03 Å². The molecule has 102 valence electrons. The summed E-state index contributed by atoms with van der Waals surface area (Å²) in [5.41, 5.74) is 1.12. The van der Waals surface area contributed by atoms with Gasteiger partial charge in [-0.3, -0.25) is 0 Å². The largest absolute Gasteiger partial charge is 0.497 e. The van der Waals surface area contributed by atoms with E-state index in [9.17, 15) is 4.79 Å². The molecule has 2 aliphatic heterocycles. The van der Waals surface area contributed by atoms with Crippen LogP contribution >= 0.6 is 0 Å². The van der Waals surface area contributed by atoms with Gasteiger partial charge in [0.1, 0.15) is 5.75 Å². The Morgan fingerprint density at radius 2 is 1.95 bits per heavy atom. The van der Waals surface area contributed by atoms with Gasteiger partial charge in [-0.05, 0) is 17.7 Å². The number of carbonyl (C=O) groups excluding carboxylic acids is 1. The van der Waals surface area contributed by atoms with Crippen LogP contribution in [0.25, 0.3) is 0 Å². The van der Waals surface area contributed by atoms with Crippen LogP contribution in [0.2, 0.25) is 0 Å². The summed E-state index contributed by atoms with van der Waals surface area (Å²) in [5.74, 6) is 0.837. The fourth-order valence-corrected chi connectivity index (χ4v) is 2.32. The van der Waals surface area contributed by atoms with Crippen LogP contribution in [-0.4, -0.2) is 55.3 Å². The van der Waals surface area contributed by atoms with E-state index in [1.165, 1.54) is 0 Å². The first-order chi connectivity index (χ1) is 9.26. The molecule has 2 aliphatic rings. The van der Waals surface area contributed by atoms with Gasteiger partial charge in [0, 0.05) is 19.6 Å². The lowest BCUT2D eigenvalue weighted by molar-refractivity contribution is 0.187. The number of urea groups is 1. The van der Waals surface area contributed by atoms with Crippen molar-refractivity contribution in [2.45, 2.75) is 12.6 Å². The zero-order valence-electron chi connectivity index (χ0n) is 11.0. The van der Waals surface area contributed by atoms with E-state index in [1.807, 2.05) is 34.1 Å². The van der Waals surface area contributed by atoms with Gasteiger partial charge in [0.05, 0.1) is 26.4 Å². The Kier molecular flexibility index (Phi) is 3.29. The third-order valence-corrected chi connectivity index (χ3v) is 3.54. The van der Waals surface area contributed by atoms with Crippen molar-refractivity contribution in [1.29, 1.82) is 0 Å². The molecule has 0 aliphatic carbocycles. The molecule has 2 fully saturated rings. The number of carbonyl (C=O) groups is 1. The first-order valence-corrected chi connectivity index (χ1v) is 6.54. The second-order valence-electron chi connectivity index (χ2n) is 4.95. The molecule has 0 spiro atoms. The van der Waals surface area contributed by atoms with Crippen molar-refractivity contribution in [2.24, 2.45) is 0 Å². The van der Waals surface area contributed by atoms with Crippen LogP contribution in [0.1, 0.15) is 5.56 Å². The smallest absolute Gasteiger partial charge is 0.320 e. The average Bonchev–Trinajstić information content (AvgIpc) is 3.19. The van der Waals surface area contributed by atoms with Gasteiger partial charge in [-0.15, -0.1) is 0 Å². The van der Waals surface area contributed by atoms with Crippen LogP contribution in [0.3, 0.4) is 0 Å². The van der Waals surface area contributed by atoms with Crippen LogP contribution in [0.4, 0.5) is 4.79 Å². The number of ether oxygens (including phenoxy) is 2. The van der Waals surface area contributed by atoms with Crippen LogP contribution < -0.4 is 4.74 Å². The van der Waals surface area contributed by atoms with Crippen LogP contribution in [-0.2, 0) is 11.3 Å². The first kappa shape index (κ1) is 12.3. The van der Waals surface area contributed by atoms with E-state index in [2.05, 4.69) is 0 Å². The van der Waals surface area contributed by atoms with E-state index in [-0.39, 0.29) is 12.1 Å². The molecule has 0 radical (unpaired) electrons. The van der Waals surface area contributed by atoms with Crippen LogP contribution in [0.15, 0.2) is 24.3 Å². The second kappa shape index (κ2) is 5.09. The quantitative estimate of drug-likeness (QED) is 0.752. The molecule has 0 saturated carbocycles. The van der Waals surface area contributed by atoms with Gasteiger partial charge >= 0.3 is 6.03 Å². The van der Waals surface area contributed by atoms with Crippen molar-refractivity contribution in [3.05, 3.63) is 29.8 Å². The second-order valence-corrected chi connectivity index (χ2v) is 4.95. The summed E-state index contributed by atoms with van der Waals surface area (Å²) in [7, 11) is 1.65. The number of benzene rings is 1. The van der Waals surface area contributed by atoms with Crippen molar-refractivity contribution in [1.82, 2.24) is 9.80 Å². The highest BCUT2D eigenvalue weighted by molar-refractivity contribution is 5.76. The Balaban J connectivity index is 1.58. The third kappa shape index (κ3) is 2.81. The number of nitrogens with zero attached hydrogens (tertiary/aromatic N) is 2. The van der Waals surface area contributed by atoms with E-state index in [4.69, 9.17) is 9.47 Å². The molecule has 1 aromatic carbocycles. The molecule has 0 aromatic heterocycles. The Morgan fingerprint density at radius 3 is 2.58 bits per heavy atom. The number of rotatable bonds is 5. The molecular weight excluding hydrogens is 244 g/mol. The summed E-state index contributed by atoms with van der Waals surface area (Å²) in [5, 5.41) is 0. The predicted octanol–water partition coefficient (Wildman–Crippen LogP) is 1.33. The molecule has 1 atom stereocenters. The lowest BCUT2D eigenvalue weighted by atomic mass is 10.2. The zero-order chi connectivity index (χ0) is 13.2. The van der Waals surface area contributed by atoms with Crippen LogP contribution in [0, 0.1) is 0 Å². The molecule has 2 amide bonds. The molecule has 19 heavy (non-hydrogen) atoms. The summed E-state index contributed by atoms with van der Waals surface area (Å²) in [6.07, 6.45) is 0.268. The normalized spacial score (nSPS) is 21.9. The summed E-state index contributed by atoms with van der Waals surface area (Å²) < 4.78 is 10.3. The SMILES string of the molecule is COc1ccc(CN2CCN(CC3CO3)C2=O)cc1. The number of hydrogen-bond acceptors (Lipinski definition) is 3. The average molecular weight is 262 g/mol. The lowest BCUT2D eigenvalue weighted by Gasteiger charge is -2.18. The fourth-order valence-electron chi connectivity index (χ4n) is 2.32. The molecule has 3 rings (SSSR count). The van der Waals surface area contributed by atoms with E-state index in [0.29, 0.717) is 6.54 Å². The molecule has 0 N–H and O–H groups in total. The lowest BCUT2D eigenvalue weighted by Crippen LogP contribution is -2.33. The van der Waals surface area contributed by atoms with E-state index in [1.54, 1.807) is 7.11 Å². The minimum atomic E-state index is 0.117. The molecule has 1 aromatic rings. The Bertz CT molecular complexity index is 456.